The lowest BCUT2D eigenvalue weighted by atomic mass is 9.89. The molecule has 102 heavy (non-hydrogen) atoms. The van der Waals surface area contributed by atoms with Crippen LogP contribution in [-0.4, -0.2) is 37.4 Å². The molecule has 0 saturated heterocycles. The van der Waals surface area contributed by atoms with E-state index < -0.39 is 0 Å². The van der Waals surface area contributed by atoms with Crippen LogP contribution >= 0.6 is 0 Å². The molecule has 1 heterocycles. The summed E-state index contributed by atoms with van der Waals surface area (Å²) < 4.78 is 0. The highest BCUT2D eigenvalue weighted by Gasteiger charge is 2.30. The molecule has 15 aromatic rings. The second-order valence-electron chi connectivity index (χ2n) is 29.4. The van der Waals surface area contributed by atoms with Crippen molar-refractivity contribution in [3.05, 3.63) is 235 Å². The van der Waals surface area contributed by atoms with E-state index in [0.29, 0.717) is 53.4 Å². The van der Waals surface area contributed by atoms with Crippen LogP contribution in [0.5, 0.6) is 0 Å². The SMILES string of the molecule is CCCCCCCCCN1C(=O)c2cc(-c3ccc4ccc5cccc6ccc3c4c56)cc(c2)N(CCCCCCCCC)C(=O)c2cc(-c3ccc4ccc5cccc6ccc3c4c56)cc(c2)N(CCCCCCCCC)C(=O)c2cc(-c3ccc4ccc5cccc6ccc3c4c56)cc1c2. The van der Waals surface area contributed by atoms with E-state index in [-0.39, 0.29) is 17.7 Å². The van der Waals surface area contributed by atoms with Crippen LogP contribution in [0.1, 0.15) is 187 Å². The molecule has 0 N–H and O–H groups in total. The van der Waals surface area contributed by atoms with Crippen molar-refractivity contribution in [1.82, 2.24) is 0 Å². The molecular weight excluding hydrogens is 1240 g/mol. The van der Waals surface area contributed by atoms with Gasteiger partial charge >= 0.3 is 0 Å². The van der Waals surface area contributed by atoms with Gasteiger partial charge in [-0.1, -0.05) is 300 Å². The first-order valence-corrected chi connectivity index (χ1v) is 38.6. The number of anilines is 3. The molecule has 0 atom stereocenters. The third kappa shape index (κ3) is 12.7. The minimum absolute atomic E-state index is 0.164. The van der Waals surface area contributed by atoms with Crippen molar-refractivity contribution in [1.29, 1.82) is 0 Å². The van der Waals surface area contributed by atoms with Gasteiger partial charge in [0, 0.05) is 53.4 Å². The van der Waals surface area contributed by atoms with E-state index in [1.807, 2.05) is 32.9 Å². The molecule has 0 aromatic heterocycles. The Balaban J connectivity index is 0.951. The zero-order valence-electron chi connectivity index (χ0n) is 59.8. The van der Waals surface area contributed by atoms with Crippen LogP contribution in [-0.2, 0) is 0 Å². The molecule has 6 bridgehead atoms. The van der Waals surface area contributed by atoms with Crippen LogP contribution in [0.15, 0.2) is 218 Å². The van der Waals surface area contributed by atoms with Crippen molar-refractivity contribution in [2.75, 3.05) is 34.3 Å². The minimum Gasteiger partial charge on any atom is -0.308 e. The number of nitrogens with zero attached hydrogens (tertiary/aromatic N) is 3. The van der Waals surface area contributed by atoms with Gasteiger partial charge in [0.15, 0.2) is 0 Å². The molecule has 1 aliphatic heterocycles. The largest absolute Gasteiger partial charge is 0.308 e. The van der Waals surface area contributed by atoms with Gasteiger partial charge in [0.2, 0.25) is 0 Å². The fraction of sp³-hybridized carbons (Fsp3) is 0.281. The molecule has 1 aliphatic rings. The summed E-state index contributed by atoms with van der Waals surface area (Å²) >= 11 is 0. The maximum atomic E-state index is 17.0. The van der Waals surface area contributed by atoms with Crippen molar-refractivity contribution >= 4 is 132 Å². The summed E-state index contributed by atoms with van der Waals surface area (Å²) in [6, 6.07) is 78.7. The van der Waals surface area contributed by atoms with E-state index in [4.69, 9.17) is 0 Å². The lowest BCUT2D eigenvalue weighted by Crippen LogP contribution is -2.34. The second-order valence-corrected chi connectivity index (χ2v) is 29.4. The summed E-state index contributed by atoms with van der Waals surface area (Å²) in [5.41, 5.74) is 9.12. The zero-order chi connectivity index (χ0) is 69.2. The van der Waals surface area contributed by atoms with Crippen molar-refractivity contribution in [2.45, 2.75) is 156 Å². The van der Waals surface area contributed by atoms with Gasteiger partial charge in [-0.3, -0.25) is 14.4 Å². The topological polar surface area (TPSA) is 60.9 Å². The Morgan fingerprint density at radius 2 is 0.431 bits per heavy atom. The number of hydrogen-bond donors (Lipinski definition) is 0. The van der Waals surface area contributed by atoms with E-state index in [1.165, 1.54) is 122 Å². The number of benzene rings is 15. The van der Waals surface area contributed by atoms with Crippen molar-refractivity contribution in [3.8, 4) is 33.4 Å². The lowest BCUT2D eigenvalue weighted by Gasteiger charge is -2.27. The van der Waals surface area contributed by atoms with E-state index in [9.17, 15) is 0 Å². The van der Waals surface area contributed by atoms with E-state index >= 15 is 14.4 Å². The average Bonchev–Trinajstić information content (AvgIpc) is 0.771. The summed E-state index contributed by atoms with van der Waals surface area (Å²) in [4.78, 5) is 56.9. The van der Waals surface area contributed by atoms with Crippen LogP contribution in [0.3, 0.4) is 0 Å². The third-order valence-corrected chi connectivity index (χ3v) is 22.6. The predicted octanol–water partition coefficient (Wildman–Crippen LogP) is 26.9. The highest BCUT2D eigenvalue weighted by Crippen LogP contribution is 2.46. The summed E-state index contributed by atoms with van der Waals surface area (Å²) in [6.07, 6.45) is 22.6. The molecule has 16 rings (SSSR count). The van der Waals surface area contributed by atoms with E-state index in [0.717, 1.165) is 143 Å². The number of unbranched alkanes of at least 4 members (excludes halogenated alkanes) is 18. The number of fused-ring (bicyclic) bond motifs is 6. The molecule has 3 amide bonds. The monoisotopic (exact) mass is 1340 g/mol. The summed E-state index contributed by atoms with van der Waals surface area (Å²) in [5, 5.41) is 21.1. The summed E-state index contributed by atoms with van der Waals surface area (Å²) in [6.45, 7) is 8.09. The zero-order valence-corrected chi connectivity index (χ0v) is 59.8. The Morgan fingerprint density at radius 3 is 0.696 bits per heavy atom. The van der Waals surface area contributed by atoms with E-state index in [1.54, 1.807) is 0 Å². The van der Waals surface area contributed by atoms with Crippen LogP contribution in [0.4, 0.5) is 17.1 Å². The average molecular weight is 1340 g/mol. The highest BCUT2D eigenvalue weighted by molar-refractivity contribution is 6.29. The van der Waals surface area contributed by atoms with Gasteiger partial charge in [-0.2, -0.15) is 0 Å². The molecule has 6 nitrogen and oxygen atoms in total. The van der Waals surface area contributed by atoms with Gasteiger partial charge in [0.05, 0.1) is 0 Å². The molecule has 0 radical (unpaired) electrons. The number of amides is 3. The van der Waals surface area contributed by atoms with Gasteiger partial charge in [0.1, 0.15) is 0 Å². The van der Waals surface area contributed by atoms with E-state index in [2.05, 4.69) is 221 Å². The quantitative estimate of drug-likeness (QED) is 0.0381. The Kier molecular flexibility index (Phi) is 19.1. The molecule has 0 spiro atoms. The number of carbonyl (C=O) groups excluding carboxylic acids is 3. The van der Waals surface area contributed by atoms with Crippen molar-refractivity contribution in [3.63, 3.8) is 0 Å². The summed E-state index contributed by atoms with van der Waals surface area (Å²) in [5.74, 6) is -0.492. The molecule has 0 saturated carbocycles. The highest BCUT2D eigenvalue weighted by atomic mass is 16.2. The normalized spacial score (nSPS) is 13.2. The first-order valence-electron chi connectivity index (χ1n) is 38.6. The Labute approximate surface area is 600 Å². The lowest BCUT2D eigenvalue weighted by molar-refractivity contribution is 0.0975. The maximum absolute atomic E-state index is 17.0. The molecular formula is C96H93N3O3. The number of rotatable bonds is 27. The number of hydrogen-bond acceptors (Lipinski definition) is 3. The molecule has 0 fully saturated rings. The Hall–Kier alpha value is -10.2. The number of carbonyl (C=O) groups is 3. The van der Waals surface area contributed by atoms with Gasteiger partial charge in [-0.15, -0.1) is 0 Å². The Morgan fingerprint density at radius 1 is 0.216 bits per heavy atom. The molecule has 0 aliphatic carbocycles. The third-order valence-electron chi connectivity index (χ3n) is 22.6. The first-order chi connectivity index (χ1) is 50.2. The van der Waals surface area contributed by atoms with Gasteiger partial charge in [-0.05, 0) is 204 Å². The second kappa shape index (κ2) is 29.4. The van der Waals surface area contributed by atoms with Crippen molar-refractivity contribution < 1.29 is 14.4 Å². The van der Waals surface area contributed by atoms with Crippen LogP contribution in [0, 0.1) is 0 Å². The maximum Gasteiger partial charge on any atom is 0.258 e. The summed E-state index contributed by atoms with van der Waals surface area (Å²) in [7, 11) is 0. The predicted molar refractivity (Wildman–Crippen MR) is 436 cm³/mol. The molecule has 510 valence electrons. The molecule has 0 unspecified atom stereocenters. The standard InChI is InChI=1S/C96H93N3O3/c1-4-7-10-13-16-19-22-52-97-79-58-73(82-46-40-70-37-34-64-28-25-31-67-43-49-85(82)91(70)88(64)67)56-77(61-79)95(101)99(54-24-21-18-15-12-9-6-3)81-60-75(84-48-42-72-39-36-66-30-27-33-69-45-51-87(84)93(72)90(66)69)57-78(63-81)96(102)98(53-23-20-17-14-11-8-5-2)80-59-74(55-76(62-80)94(97)100)83-47-41-71-38-35-65-29-26-32-68-44-50-86(83)92(71)89(65)68/h25-51,55-63H,4-24,52-54H2,1-3H3. The van der Waals surface area contributed by atoms with Gasteiger partial charge < -0.3 is 14.7 Å². The Bertz CT molecular complexity index is 4990. The fourth-order valence-corrected chi connectivity index (χ4v) is 17.3. The fourth-order valence-electron chi connectivity index (χ4n) is 17.3. The van der Waals surface area contributed by atoms with Crippen LogP contribution in [0.25, 0.3) is 130 Å². The van der Waals surface area contributed by atoms with Crippen LogP contribution < -0.4 is 14.7 Å². The van der Waals surface area contributed by atoms with Gasteiger partial charge in [0.25, 0.3) is 17.7 Å². The smallest absolute Gasteiger partial charge is 0.258 e. The van der Waals surface area contributed by atoms with Crippen LogP contribution in [0.2, 0.25) is 0 Å². The molecule has 15 aromatic carbocycles. The van der Waals surface area contributed by atoms with Gasteiger partial charge in [-0.25, -0.2) is 0 Å². The first kappa shape index (κ1) is 66.4. The minimum atomic E-state index is -0.164. The molecule has 6 heteroatoms. The van der Waals surface area contributed by atoms with Crippen molar-refractivity contribution in [2.24, 2.45) is 0 Å².